The van der Waals surface area contributed by atoms with Crippen molar-refractivity contribution < 1.29 is 9.47 Å². The third-order valence-corrected chi connectivity index (χ3v) is 4.63. The predicted octanol–water partition coefficient (Wildman–Crippen LogP) is 1.75. The van der Waals surface area contributed by atoms with Gasteiger partial charge in [0.2, 0.25) is 0 Å². The fourth-order valence-electron chi connectivity index (χ4n) is 3.60. The van der Waals surface area contributed by atoms with E-state index in [1.165, 1.54) is 45.3 Å². The first-order chi connectivity index (χ1) is 9.83. The Balaban J connectivity index is 1.79. The average molecular weight is 284 g/mol. The van der Waals surface area contributed by atoms with Crippen LogP contribution in [0.4, 0.5) is 0 Å². The smallest absolute Gasteiger partial charge is 0.0521 e. The van der Waals surface area contributed by atoms with Gasteiger partial charge >= 0.3 is 0 Å². The molecule has 1 N–H and O–H groups in total. The lowest BCUT2D eigenvalue weighted by Gasteiger charge is -2.39. The van der Waals surface area contributed by atoms with E-state index in [9.17, 15) is 0 Å². The molecule has 0 spiro atoms. The number of hydrogen-bond acceptors (Lipinski definition) is 4. The van der Waals surface area contributed by atoms with Gasteiger partial charge in [-0.3, -0.25) is 0 Å². The van der Waals surface area contributed by atoms with Crippen molar-refractivity contribution in [2.45, 2.75) is 38.6 Å². The lowest BCUT2D eigenvalue weighted by atomic mass is 9.92. The topological polar surface area (TPSA) is 33.7 Å². The number of nitrogens with zero attached hydrogens (tertiary/aromatic N) is 1. The van der Waals surface area contributed by atoms with E-state index in [1.54, 1.807) is 0 Å². The quantitative estimate of drug-likeness (QED) is 0.772. The maximum atomic E-state index is 5.72. The number of rotatable bonds is 7. The Labute approximate surface area is 124 Å². The lowest BCUT2D eigenvalue weighted by Crippen LogP contribution is -2.49. The second-order valence-electron chi connectivity index (χ2n) is 6.41. The van der Waals surface area contributed by atoms with E-state index in [1.807, 2.05) is 7.11 Å². The molecule has 0 bridgehead atoms. The van der Waals surface area contributed by atoms with E-state index in [2.05, 4.69) is 17.1 Å². The summed E-state index contributed by atoms with van der Waals surface area (Å²) < 4.78 is 11.0. The maximum absolute atomic E-state index is 5.72. The number of nitrogens with one attached hydrogen (secondary N) is 1. The lowest BCUT2D eigenvalue weighted by molar-refractivity contribution is 0.00592. The SMILES string of the molecule is CCCNC1CCOCC1CN1CCCC(COC)C1. The Bertz CT molecular complexity index is 261. The fourth-order valence-corrected chi connectivity index (χ4v) is 3.60. The summed E-state index contributed by atoms with van der Waals surface area (Å²) in [5, 5.41) is 3.72. The summed E-state index contributed by atoms with van der Waals surface area (Å²) in [4.78, 5) is 2.63. The summed E-state index contributed by atoms with van der Waals surface area (Å²) in [7, 11) is 1.82. The minimum atomic E-state index is 0.645. The second-order valence-corrected chi connectivity index (χ2v) is 6.41. The first-order valence-corrected chi connectivity index (χ1v) is 8.36. The van der Waals surface area contributed by atoms with Crippen LogP contribution in [0.25, 0.3) is 0 Å². The first-order valence-electron chi connectivity index (χ1n) is 8.36. The van der Waals surface area contributed by atoms with Crippen molar-refractivity contribution in [2.24, 2.45) is 11.8 Å². The highest BCUT2D eigenvalue weighted by atomic mass is 16.5. The van der Waals surface area contributed by atoms with Gasteiger partial charge in [-0.25, -0.2) is 0 Å². The minimum absolute atomic E-state index is 0.645. The van der Waals surface area contributed by atoms with Crippen LogP contribution in [0.3, 0.4) is 0 Å². The molecule has 2 heterocycles. The molecule has 0 aromatic rings. The Morgan fingerprint density at radius 2 is 2.25 bits per heavy atom. The van der Waals surface area contributed by atoms with E-state index in [4.69, 9.17) is 9.47 Å². The van der Waals surface area contributed by atoms with Crippen LogP contribution >= 0.6 is 0 Å². The Hall–Kier alpha value is -0.160. The van der Waals surface area contributed by atoms with Crippen LogP contribution in [0.2, 0.25) is 0 Å². The van der Waals surface area contributed by atoms with Gasteiger partial charge in [0, 0.05) is 38.8 Å². The molecule has 0 aromatic carbocycles. The van der Waals surface area contributed by atoms with Crippen molar-refractivity contribution in [3.8, 4) is 0 Å². The largest absolute Gasteiger partial charge is 0.384 e. The van der Waals surface area contributed by atoms with Crippen molar-refractivity contribution in [3.05, 3.63) is 0 Å². The zero-order valence-electron chi connectivity index (χ0n) is 13.3. The Morgan fingerprint density at radius 3 is 3.05 bits per heavy atom. The number of hydrogen-bond donors (Lipinski definition) is 1. The molecular weight excluding hydrogens is 252 g/mol. The van der Waals surface area contributed by atoms with Crippen LogP contribution in [-0.4, -0.2) is 64.1 Å². The van der Waals surface area contributed by atoms with E-state index >= 15 is 0 Å². The van der Waals surface area contributed by atoms with Gasteiger partial charge in [0.1, 0.15) is 0 Å². The molecule has 2 fully saturated rings. The van der Waals surface area contributed by atoms with Crippen molar-refractivity contribution in [3.63, 3.8) is 0 Å². The van der Waals surface area contributed by atoms with Crippen LogP contribution in [-0.2, 0) is 9.47 Å². The van der Waals surface area contributed by atoms with Gasteiger partial charge in [-0.1, -0.05) is 6.92 Å². The third-order valence-electron chi connectivity index (χ3n) is 4.63. The monoisotopic (exact) mass is 284 g/mol. The molecule has 0 radical (unpaired) electrons. The average Bonchev–Trinajstić information content (AvgIpc) is 2.47. The zero-order chi connectivity index (χ0) is 14.2. The minimum Gasteiger partial charge on any atom is -0.384 e. The van der Waals surface area contributed by atoms with Gasteiger partial charge in [0.25, 0.3) is 0 Å². The molecule has 2 saturated heterocycles. The number of methoxy groups -OCH3 is 1. The highest BCUT2D eigenvalue weighted by molar-refractivity contribution is 4.84. The third kappa shape index (κ3) is 4.99. The van der Waals surface area contributed by atoms with Gasteiger partial charge < -0.3 is 19.7 Å². The van der Waals surface area contributed by atoms with Crippen LogP contribution in [0.1, 0.15) is 32.6 Å². The maximum Gasteiger partial charge on any atom is 0.0521 e. The Morgan fingerprint density at radius 1 is 1.35 bits per heavy atom. The molecule has 3 atom stereocenters. The molecule has 4 nitrogen and oxygen atoms in total. The van der Waals surface area contributed by atoms with E-state index in [0.717, 1.165) is 32.3 Å². The zero-order valence-corrected chi connectivity index (χ0v) is 13.3. The molecule has 0 saturated carbocycles. The highest BCUT2D eigenvalue weighted by Crippen LogP contribution is 2.21. The Kier molecular flexibility index (Phi) is 7.28. The first kappa shape index (κ1) is 16.2. The molecule has 2 aliphatic rings. The summed E-state index contributed by atoms with van der Waals surface area (Å²) in [5.41, 5.74) is 0. The predicted molar refractivity (Wildman–Crippen MR) is 82.0 cm³/mol. The molecule has 118 valence electrons. The number of likely N-dealkylation sites (tertiary alicyclic amines) is 1. The van der Waals surface area contributed by atoms with Gasteiger partial charge in [-0.05, 0) is 44.7 Å². The number of piperidine rings is 1. The van der Waals surface area contributed by atoms with Crippen LogP contribution in [0.5, 0.6) is 0 Å². The van der Waals surface area contributed by atoms with Crippen molar-refractivity contribution in [2.75, 3.05) is 53.1 Å². The number of ether oxygens (including phenoxy) is 2. The van der Waals surface area contributed by atoms with Crippen LogP contribution in [0, 0.1) is 11.8 Å². The molecule has 3 unspecified atom stereocenters. The van der Waals surface area contributed by atoms with Gasteiger partial charge in [0.05, 0.1) is 13.2 Å². The summed E-state index contributed by atoms with van der Waals surface area (Å²) in [5.74, 6) is 1.37. The van der Waals surface area contributed by atoms with Crippen molar-refractivity contribution in [1.82, 2.24) is 10.2 Å². The molecule has 0 aromatic heterocycles. The van der Waals surface area contributed by atoms with Gasteiger partial charge in [-0.15, -0.1) is 0 Å². The molecule has 20 heavy (non-hydrogen) atoms. The van der Waals surface area contributed by atoms with Gasteiger partial charge in [0.15, 0.2) is 0 Å². The second kappa shape index (κ2) is 8.98. The standard InChI is InChI=1S/C16H32N2O2/c1-3-7-17-16-6-9-20-13-15(16)11-18-8-4-5-14(10-18)12-19-2/h14-17H,3-13H2,1-2H3. The highest BCUT2D eigenvalue weighted by Gasteiger charge is 2.29. The fraction of sp³-hybridized carbons (Fsp3) is 1.00. The van der Waals surface area contributed by atoms with Crippen molar-refractivity contribution >= 4 is 0 Å². The van der Waals surface area contributed by atoms with E-state index in [-0.39, 0.29) is 0 Å². The molecule has 4 heteroatoms. The van der Waals surface area contributed by atoms with Crippen LogP contribution < -0.4 is 5.32 Å². The molecule has 0 amide bonds. The molecule has 0 aliphatic carbocycles. The molecule has 2 rings (SSSR count). The normalized spacial score (nSPS) is 32.4. The summed E-state index contributed by atoms with van der Waals surface area (Å²) >= 11 is 0. The summed E-state index contributed by atoms with van der Waals surface area (Å²) in [6.45, 7) is 9.75. The summed E-state index contributed by atoms with van der Waals surface area (Å²) in [6.07, 6.45) is 5.02. The van der Waals surface area contributed by atoms with Crippen LogP contribution in [0.15, 0.2) is 0 Å². The van der Waals surface area contributed by atoms with Gasteiger partial charge in [-0.2, -0.15) is 0 Å². The summed E-state index contributed by atoms with van der Waals surface area (Å²) in [6, 6.07) is 0.645. The molecule has 2 aliphatic heterocycles. The van der Waals surface area contributed by atoms with E-state index < -0.39 is 0 Å². The van der Waals surface area contributed by atoms with E-state index in [0.29, 0.717) is 12.0 Å². The molecular formula is C16H32N2O2. The van der Waals surface area contributed by atoms with Crippen molar-refractivity contribution in [1.29, 1.82) is 0 Å².